The number of aryl methyl sites for hydroxylation is 1. The van der Waals surface area contributed by atoms with Gasteiger partial charge in [-0.3, -0.25) is 0 Å². The molecule has 0 aliphatic carbocycles. The summed E-state index contributed by atoms with van der Waals surface area (Å²) in [5.41, 5.74) is 3.35. The van der Waals surface area contributed by atoms with Crippen molar-refractivity contribution in [2.24, 2.45) is 0 Å². The molecule has 0 aliphatic rings. The second-order valence-corrected chi connectivity index (χ2v) is 5.87. The highest BCUT2D eigenvalue weighted by molar-refractivity contribution is 9.10. The minimum Gasteiger partial charge on any atom is -0.490 e. The summed E-state index contributed by atoms with van der Waals surface area (Å²) >= 11 is 9.42. The zero-order valence-electron chi connectivity index (χ0n) is 12.2. The molecule has 2 nitrogen and oxygen atoms in total. The van der Waals surface area contributed by atoms with Crippen molar-refractivity contribution in [3.8, 4) is 11.5 Å². The van der Waals surface area contributed by atoms with E-state index >= 15 is 0 Å². The molecule has 0 aliphatic heterocycles. The first-order valence-corrected chi connectivity index (χ1v) is 8.16. The van der Waals surface area contributed by atoms with Gasteiger partial charge in [0.25, 0.3) is 0 Å². The Morgan fingerprint density at radius 1 is 1.05 bits per heavy atom. The third kappa shape index (κ3) is 4.39. The number of alkyl halides is 1. The normalized spacial score (nSPS) is 10.5. The molecule has 0 amide bonds. The van der Waals surface area contributed by atoms with Gasteiger partial charge in [0.15, 0.2) is 11.5 Å². The first-order valence-electron chi connectivity index (χ1n) is 6.83. The van der Waals surface area contributed by atoms with Gasteiger partial charge in [-0.05, 0) is 53.0 Å². The summed E-state index contributed by atoms with van der Waals surface area (Å²) in [4.78, 5) is 0. The summed E-state index contributed by atoms with van der Waals surface area (Å²) in [7, 11) is 0. The lowest BCUT2D eigenvalue weighted by Gasteiger charge is -2.15. The van der Waals surface area contributed by atoms with E-state index in [0.717, 1.165) is 21.3 Å². The lowest BCUT2D eigenvalue weighted by molar-refractivity contribution is 0.267. The van der Waals surface area contributed by atoms with Crippen LogP contribution in [0.4, 0.5) is 0 Å². The molecule has 0 bridgehead atoms. The SMILES string of the molecule is CCOc1cc(CCl)cc(Br)c1OCc1ccc(C)cc1. The largest absolute Gasteiger partial charge is 0.490 e. The first kappa shape index (κ1) is 16.2. The van der Waals surface area contributed by atoms with Crippen LogP contribution in [-0.4, -0.2) is 6.61 Å². The number of rotatable bonds is 6. The highest BCUT2D eigenvalue weighted by atomic mass is 79.9. The van der Waals surface area contributed by atoms with Gasteiger partial charge in [-0.1, -0.05) is 29.8 Å². The van der Waals surface area contributed by atoms with Crippen LogP contribution in [0, 0.1) is 6.92 Å². The van der Waals surface area contributed by atoms with Crippen LogP contribution in [0.25, 0.3) is 0 Å². The van der Waals surface area contributed by atoms with Gasteiger partial charge in [-0.2, -0.15) is 0 Å². The zero-order chi connectivity index (χ0) is 15.2. The van der Waals surface area contributed by atoms with E-state index < -0.39 is 0 Å². The molecule has 0 N–H and O–H groups in total. The molecule has 21 heavy (non-hydrogen) atoms. The maximum absolute atomic E-state index is 5.93. The fourth-order valence-corrected chi connectivity index (χ4v) is 2.70. The van der Waals surface area contributed by atoms with Crippen molar-refractivity contribution in [3.05, 3.63) is 57.6 Å². The maximum Gasteiger partial charge on any atom is 0.175 e. The molecular weight excluding hydrogens is 352 g/mol. The fourth-order valence-electron chi connectivity index (χ4n) is 1.94. The molecule has 0 saturated carbocycles. The molecular formula is C17H18BrClO2. The van der Waals surface area contributed by atoms with Crippen molar-refractivity contribution in [2.45, 2.75) is 26.3 Å². The summed E-state index contributed by atoms with van der Waals surface area (Å²) in [5, 5.41) is 0. The predicted molar refractivity (Wildman–Crippen MR) is 90.4 cm³/mol. The molecule has 0 heterocycles. The summed E-state index contributed by atoms with van der Waals surface area (Å²) in [6.07, 6.45) is 0. The maximum atomic E-state index is 5.93. The van der Waals surface area contributed by atoms with Crippen molar-refractivity contribution in [2.75, 3.05) is 6.61 Å². The molecule has 0 spiro atoms. The van der Waals surface area contributed by atoms with Crippen molar-refractivity contribution < 1.29 is 9.47 Å². The standard InChI is InChI=1S/C17H18BrClO2/c1-3-20-16-9-14(10-19)8-15(18)17(16)21-11-13-6-4-12(2)5-7-13/h4-9H,3,10-11H2,1-2H3. The quantitative estimate of drug-likeness (QED) is 0.628. The summed E-state index contributed by atoms with van der Waals surface area (Å²) in [6, 6.07) is 12.2. The van der Waals surface area contributed by atoms with E-state index in [2.05, 4.69) is 47.1 Å². The van der Waals surface area contributed by atoms with Crippen LogP contribution in [0.2, 0.25) is 0 Å². The minimum absolute atomic E-state index is 0.441. The average Bonchev–Trinajstić information content (AvgIpc) is 2.48. The van der Waals surface area contributed by atoms with Gasteiger partial charge in [0, 0.05) is 5.88 Å². The number of hydrogen-bond acceptors (Lipinski definition) is 2. The van der Waals surface area contributed by atoms with Crippen molar-refractivity contribution in [3.63, 3.8) is 0 Å². The van der Waals surface area contributed by atoms with Crippen LogP contribution in [0.3, 0.4) is 0 Å². The van der Waals surface area contributed by atoms with E-state index in [-0.39, 0.29) is 0 Å². The highest BCUT2D eigenvalue weighted by Crippen LogP contribution is 2.37. The monoisotopic (exact) mass is 368 g/mol. The third-order valence-corrected chi connectivity index (χ3v) is 3.92. The van der Waals surface area contributed by atoms with E-state index in [9.17, 15) is 0 Å². The number of hydrogen-bond donors (Lipinski definition) is 0. The van der Waals surface area contributed by atoms with Gasteiger partial charge in [0.05, 0.1) is 11.1 Å². The lowest BCUT2D eigenvalue weighted by atomic mass is 10.2. The van der Waals surface area contributed by atoms with Crippen molar-refractivity contribution in [1.82, 2.24) is 0 Å². The van der Waals surface area contributed by atoms with Crippen LogP contribution in [-0.2, 0) is 12.5 Å². The Morgan fingerprint density at radius 2 is 1.76 bits per heavy atom. The van der Waals surface area contributed by atoms with E-state index in [1.165, 1.54) is 5.56 Å². The van der Waals surface area contributed by atoms with Gasteiger partial charge in [0.1, 0.15) is 6.61 Å². The van der Waals surface area contributed by atoms with Gasteiger partial charge >= 0.3 is 0 Å². The molecule has 2 aromatic carbocycles. The molecule has 0 saturated heterocycles. The lowest BCUT2D eigenvalue weighted by Crippen LogP contribution is -2.01. The molecule has 0 unspecified atom stereocenters. The van der Waals surface area contributed by atoms with Crippen LogP contribution >= 0.6 is 27.5 Å². The third-order valence-electron chi connectivity index (χ3n) is 3.03. The van der Waals surface area contributed by atoms with E-state index in [1.807, 2.05) is 19.1 Å². The molecule has 2 rings (SSSR count). The Bertz CT molecular complexity index is 596. The molecule has 2 aromatic rings. The minimum atomic E-state index is 0.441. The van der Waals surface area contributed by atoms with Crippen molar-refractivity contribution >= 4 is 27.5 Å². The molecule has 4 heteroatoms. The second-order valence-electron chi connectivity index (χ2n) is 4.75. The van der Waals surface area contributed by atoms with Crippen LogP contribution in [0.15, 0.2) is 40.9 Å². The summed E-state index contributed by atoms with van der Waals surface area (Å²) < 4.78 is 12.4. The smallest absolute Gasteiger partial charge is 0.175 e. The number of halogens is 2. The van der Waals surface area contributed by atoms with Crippen LogP contribution in [0.1, 0.15) is 23.6 Å². The topological polar surface area (TPSA) is 18.5 Å². The predicted octanol–water partition coefficient (Wildman–Crippen LogP) is 5.47. The Labute approximate surface area is 139 Å². The van der Waals surface area contributed by atoms with E-state index in [1.54, 1.807) is 0 Å². The van der Waals surface area contributed by atoms with Crippen LogP contribution < -0.4 is 9.47 Å². The summed E-state index contributed by atoms with van der Waals surface area (Å²) in [6.45, 7) is 5.10. The second kappa shape index (κ2) is 7.71. The van der Waals surface area contributed by atoms with Gasteiger partial charge in [-0.25, -0.2) is 0 Å². The Morgan fingerprint density at radius 3 is 2.38 bits per heavy atom. The fraction of sp³-hybridized carbons (Fsp3) is 0.294. The Hall–Kier alpha value is -1.19. The van der Waals surface area contributed by atoms with Crippen LogP contribution in [0.5, 0.6) is 11.5 Å². The zero-order valence-corrected chi connectivity index (χ0v) is 14.5. The van der Waals surface area contributed by atoms with E-state index in [0.29, 0.717) is 24.8 Å². The molecule has 0 fully saturated rings. The first-order chi connectivity index (χ1) is 10.1. The molecule has 0 aromatic heterocycles. The van der Waals surface area contributed by atoms with Crippen molar-refractivity contribution in [1.29, 1.82) is 0 Å². The Kier molecular flexibility index (Phi) is 5.95. The van der Waals surface area contributed by atoms with Gasteiger partial charge in [-0.15, -0.1) is 11.6 Å². The van der Waals surface area contributed by atoms with Gasteiger partial charge < -0.3 is 9.47 Å². The van der Waals surface area contributed by atoms with Gasteiger partial charge in [0.2, 0.25) is 0 Å². The van der Waals surface area contributed by atoms with E-state index in [4.69, 9.17) is 21.1 Å². The number of benzene rings is 2. The molecule has 112 valence electrons. The molecule has 0 atom stereocenters. The Balaban J connectivity index is 2.19. The highest BCUT2D eigenvalue weighted by Gasteiger charge is 2.12. The summed E-state index contributed by atoms with van der Waals surface area (Å²) in [5.74, 6) is 1.87. The number of ether oxygens (including phenoxy) is 2. The average molecular weight is 370 g/mol. The molecule has 0 radical (unpaired) electrons.